The molecule has 2 N–H and O–H groups in total. The summed E-state index contributed by atoms with van der Waals surface area (Å²) < 4.78 is 4.08. The van der Waals surface area contributed by atoms with Gasteiger partial charge in [-0.25, -0.2) is 4.98 Å². The average Bonchev–Trinajstić information content (AvgIpc) is 2.61. The van der Waals surface area contributed by atoms with Crippen LogP contribution < -0.4 is 5.32 Å². The van der Waals surface area contributed by atoms with E-state index in [1.165, 1.54) is 11.5 Å². The highest BCUT2D eigenvalue weighted by Crippen LogP contribution is 2.26. The maximum absolute atomic E-state index is 10.5. The normalized spacial score (nSPS) is 11.5. The summed E-state index contributed by atoms with van der Waals surface area (Å²) >= 11 is 1.35. The van der Waals surface area contributed by atoms with E-state index in [4.69, 9.17) is 5.11 Å². The molecule has 0 saturated heterocycles. The minimum absolute atomic E-state index is 0.0329. The van der Waals surface area contributed by atoms with Gasteiger partial charge in [-0.15, -0.1) is 0 Å². The van der Waals surface area contributed by atoms with Crippen LogP contribution in [0.1, 0.15) is 38.9 Å². The first-order chi connectivity index (χ1) is 7.89. The molecule has 0 aliphatic rings. The van der Waals surface area contributed by atoms with E-state index in [1.54, 1.807) is 0 Å². The van der Waals surface area contributed by atoms with Crippen LogP contribution in [0, 0.1) is 12.3 Å². The highest BCUT2D eigenvalue weighted by Gasteiger charge is 2.18. The van der Waals surface area contributed by atoms with E-state index in [1.807, 2.05) is 6.92 Å². The lowest BCUT2D eigenvalue weighted by Crippen LogP contribution is -2.18. The van der Waals surface area contributed by atoms with Crippen LogP contribution in [-0.4, -0.2) is 27.0 Å². The van der Waals surface area contributed by atoms with Crippen LogP contribution in [0.15, 0.2) is 0 Å². The molecule has 1 aromatic heterocycles. The molecule has 1 aromatic rings. The van der Waals surface area contributed by atoms with Gasteiger partial charge in [0.15, 0.2) is 0 Å². The Bertz CT molecular complexity index is 377. The molecular formula is C11H19N3O2S. The summed E-state index contributed by atoms with van der Waals surface area (Å²) in [6.45, 7) is 6.83. The van der Waals surface area contributed by atoms with Crippen molar-refractivity contribution in [2.45, 2.75) is 40.0 Å². The number of hydrogen-bond donors (Lipinski definition) is 2. The van der Waals surface area contributed by atoms with E-state index in [2.05, 4.69) is 28.5 Å². The maximum Gasteiger partial charge on any atom is 0.303 e. The number of aromatic nitrogens is 2. The molecule has 0 bridgehead atoms. The Morgan fingerprint density at radius 1 is 1.47 bits per heavy atom. The Balaban J connectivity index is 2.27. The van der Waals surface area contributed by atoms with Gasteiger partial charge in [-0.2, -0.15) is 4.37 Å². The van der Waals surface area contributed by atoms with Crippen LogP contribution in [0.3, 0.4) is 0 Å². The van der Waals surface area contributed by atoms with Crippen LogP contribution in [0.25, 0.3) is 0 Å². The lowest BCUT2D eigenvalue weighted by molar-refractivity contribution is -0.137. The van der Waals surface area contributed by atoms with Gasteiger partial charge in [0.1, 0.15) is 5.82 Å². The molecule has 96 valence electrons. The lowest BCUT2D eigenvalue weighted by atomic mass is 9.84. The third-order valence-corrected chi connectivity index (χ3v) is 3.39. The molecule has 6 heteroatoms. The number of anilines is 1. The van der Waals surface area contributed by atoms with Gasteiger partial charge in [0.25, 0.3) is 0 Å². The summed E-state index contributed by atoms with van der Waals surface area (Å²) in [4.78, 5) is 14.7. The smallest absolute Gasteiger partial charge is 0.303 e. The number of aliphatic carboxylic acids is 1. The molecule has 0 aliphatic heterocycles. The molecule has 0 aliphatic carbocycles. The van der Waals surface area contributed by atoms with E-state index in [-0.39, 0.29) is 11.8 Å². The minimum Gasteiger partial charge on any atom is -0.481 e. The fourth-order valence-electron chi connectivity index (χ4n) is 1.45. The highest BCUT2D eigenvalue weighted by molar-refractivity contribution is 7.09. The quantitative estimate of drug-likeness (QED) is 0.785. The van der Waals surface area contributed by atoms with Gasteiger partial charge in [-0.05, 0) is 25.2 Å². The average molecular weight is 257 g/mol. The molecule has 0 atom stereocenters. The molecule has 0 radical (unpaired) electrons. The topological polar surface area (TPSA) is 75.1 Å². The van der Waals surface area contributed by atoms with Crippen LogP contribution in [0.4, 0.5) is 5.13 Å². The maximum atomic E-state index is 10.5. The summed E-state index contributed by atoms with van der Waals surface area (Å²) in [5.74, 6) is 0.0495. The van der Waals surface area contributed by atoms with Crippen molar-refractivity contribution in [1.29, 1.82) is 0 Å². The first-order valence-electron chi connectivity index (χ1n) is 5.65. The minimum atomic E-state index is -0.731. The zero-order valence-corrected chi connectivity index (χ0v) is 11.3. The predicted molar refractivity (Wildman–Crippen MR) is 68.4 cm³/mol. The van der Waals surface area contributed by atoms with Crippen LogP contribution in [0.2, 0.25) is 0 Å². The summed E-state index contributed by atoms with van der Waals surface area (Å²) in [6, 6.07) is 0. The summed E-state index contributed by atoms with van der Waals surface area (Å²) in [7, 11) is 0. The van der Waals surface area contributed by atoms with Crippen molar-refractivity contribution in [3.63, 3.8) is 0 Å². The highest BCUT2D eigenvalue weighted by atomic mass is 32.1. The van der Waals surface area contributed by atoms with E-state index >= 15 is 0 Å². The fourth-order valence-corrected chi connectivity index (χ4v) is 2.05. The zero-order valence-electron chi connectivity index (χ0n) is 10.5. The van der Waals surface area contributed by atoms with Crippen molar-refractivity contribution in [3.05, 3.63) is 5.82 Å². The van der Waals surface area contributed by atoms with Crippen LogP contribution >= 0.6 is 11.5 Å². The van der Waals surface area contributed by atoms with E-state index in [0.29, 0.717) is 6.42 Å². The second-order valence-electron chi connectivity index (χ2n) is 4.88. The number of nitrogens with one attached hydrogen (secondary N) is 1. The van der Waals surface area contributed by atoms with Gasteiger partial charge in [-0.3, -0.25) is 4.79 Å². The molecule has 0 amide bonds. The summed E-state index contributed by atoms with van der Waals surface area (Å²) in [5.41, 5.74) is 0.0329. The van der Waals surface area contributed by atoms with E-state index in [0.717, 1.165) is 23.9 Å². The Morgan fingerprint density at radius 2 is 2.18 bits per heavy atom. The van der Waals surface area contributed by atoms with Crippen molar-refractivity contribution >= 4 is 22.6 Å². The number of aryl methyl sites for hydroxylation is 1. The fraction of sp³-hybridized carbons (Fsp3) is 0.727. The van der Waals surface area contributed by atoms with Gasteiger partial charge in [0.05, 0.1) is 0 Å². The van der Waals surface area contributed by atoms with Crippen molar-refractivity contribution < 1.29 is 9.90 Å². The van der Waals surface area contributed by atoms with Gasteiger partial charge >= 0.3 is 5.97 Å². The number of hydrogen-bond acceptors (Lipinski definition) is 5. The Labute approximate surface area is 105 Å². The molecule has 5 nitrogen and oxygen atoms in total. The number of carboxylic acid groups (broad SMARTS) is 1. The SMILES string of the molecule is Cc1nsc(NCCC(C)(C)CCC(=O)O)n1. The molecule has 0 saturated carbocycles. The largest absolute Gasteiger partial charge is 0.481 e. The van der Waals surface area contributed by atoms with Gasteiger partial charge in [0.2, 0.25) is 5.13 Å². The second kappa shape index (κ2) is 5.95. The van der Waals surface area contributed by atoms with Crippen LogP contribution in [0.5, 0.6) is 0 Å². The summed E-state index contributed by atoms with van der Waals surface area (Å²) in [5, 5.41) is 12.7. The molecular weight excluding hydrogens is 238 g/mol. The Morgan fingerprint density at radius 3 is 2.71 bits per heavy atom. The van der Waals surface area contributed by atoms with Gasteiger partial charge in [-0.1, -0.05) is 13.8 Å². The Hall–Kier alpha value is -1.17. The number of carboxylic acids is 1. The lowest BCUT2D eigenvalue weighted by Gasteiger charge is -2.23. The standard InChI is InChI=1S/C11H19N3O2S/c1-8-13-10(17-14-8)12-7-6-11(2,3)5-4-9(15)16/h4-7H2,1-3H3,(H,15,16)(H,12,13,14). The number of nitrogens with zero attached hydrogens (tertiary/aromatic N) is 2. The third-order valence-electron chi connectivity index (χ3n) is 2.62. The Kier molecular flexibility index (Phi) is 4.86. The predicted octanol–water partition coefficient (Wildman–Crippen LogP) is 2.54. The van der Waals surface area contributed by atoms with Crippen molar-refractivity contribution in [3.8, 4) is 0 Å². The molecule has 17 heavy (non-hydrogen) atoms. The molecule has 0 fully saturated rings. The van der Waals surface area contributed by atoms with Crippen molar-refractivity contribution in [2.24, 2.45) is 5.41 Å². The van der Waals surface area contributed by atoms with Gasteiger partial charge < -0.3 is 10.4 Å². The zero-order chi connectivity index (χ0) is 12.9. The monoisotopic (exact) mass is 257 g/mol. The second-order valence-corrected chi connectivity index (χ2v) is 5.63. The van der Waals surface area contributed by atoms with Gasteiger partial charge in [0, 0.05) is 24.5 Å². The van der Waals surface area contributed by atoms with Crippen molar-refractivity contribution in [2.75, 3.05) is 11.9 Å². The van der Waals surface area contributed by atoms with E-state index in [9.17, 15) is 4.79 Å². The summed E-state index contributed by atoms with van der Waals surface area (Å²) in [6.07, 6.45) is 1.84. The third kappa shape index (κ3) is 5.63. The molecule has 1 heterocycles. The first-order valence-corrected chi connectivity index (χ1v) is 6.42. The number of rotatable bonds is 7. The first kappa shape index (κ1) is 13.9. The number of carbonyl (C=O) groups is 1. The molecule has 1 rings (SSSR count). The van der Waals surface area contributed by atoms with Crippen molar-refractivity contribution in [1.82, 2.24) is 9.36 Å². The van der Waals surface area contributed by atoms with E-state index < -0.39 is 5.97 Å². The molecule has 0 aromatic carbocycles. The molecule has 0 spiro atoms. The van der Waals surface area contributed by atoms with Crippen LogP contribution in [-0.2, 0) is 4.79 Å². The molecule has 0 unspecified atom stereocenters.